The summed E-state index contributed by atoms with van der Waals surface area (Å²) in [5.41, 5.74) is 10.5. The van der Waals surface area contributed by atoms with Crippen molar-refractivity contribution in [1.29, 1.82) is 0 Å². The number of azide groups is 1. The first-order chi connectivity index (χ1) is 28.0. The molecule has 2 aromatic heterocycles. The Kier molecular flexibility index (Phi) is 13.2. The number of amides is 1. The van der Waals surface area contributed by atoms with Crippen LogP contribution in [0.3, 0.4) is 0 Å². The van der Waals surface area contributed by atoms with Gasteiger partial charge >= 0.3 is 24.0 Å². The Bertz CT molecular complexity index is 2370. The molecule has 1 aliphatic heterocycles. The summed E-state index contributed by atoms with van der Waals surface area (Å²) in [5.74, 6) is 3.60. The first-order valence-electron chi connectivity index (χ1n) is 18.2. The molecule has 16 nitrogen and oxygen atoms in total. The molecule has 58 heavy (non-hydrogen) atoms. The molecule has 0 aliphatic carbocycles. The van der Waals surface area contributed by atoms with E-state index in [-0.39, 0.29) is 45.6 Å². The Morgan fingerprint density at radius 2 is 1.43 bits per heavy atom. The number of alkyl carbamates (subject to hydrolysis) is 1. The Morgan fingerprint density at radius 3 is 2.02 bits per heavy atom. The van der Waals surface area contributed by atoms with Crippen LogP contribution in [0.15, 0.2) is 109 Å². The molecule has 3 aromatic carbocycles. The largest absolute Gasteiger partial charge is 0.459 e. The molecule has 1 N–H and O–H groups in total. The lowest BCUT2D eigenvalue weighted by molar-refractivity contribution is -0.0604. The van der Waals surface area contributed by atoms with Gasteiger partial charge in [0.05, 0.1) is 40.8 Å². The van der Waals surface area contributed by atoms with E-state index in [4.69, 9.17) is 23.7 Å². The average molecular weight is 802 g/mol. The molecular formula is C41H39N7O9Si. The number of hydrogen-bond acceptors (Lipinski definition) is 12. The lowest BCUT2D eigenvalue weighted by Gasteiger charge is -2.25. The summed E-state index contributed by atoms with van der Waals surface area (Å²) in [6.07, 6.45) is -3.10. The number of benzene rings is 3. The van der Waals surface area contributed by atoms with E-state index < -0.39 is 63.2 Å². The SMILES string of the molecule is C[Si](C)(C)CCOC(=O)NCC#Cc1cn([C@@H]2O[C@H](COC(=O)c3ccccc3)[C@@H](OC(=O)c3ccccc3)[C@H]2OC(=O)c2ccccc2)c2ncnc(N=[N+]=[N-])c12. The minimum Gasteiger partial charge on any atom is -0.459 e. The highest BCUT2D eigenvalue weighted by molar-refractivity contribution is 6.76. The first kappa shape index (κ1) is 40.7. The third-order valence-electron chi connectivity index (χ3n) is 8.81. The van der Waals surface area contributed by atoms with Crippen LogP contribution in [-0.2, 0) is 23.7 Å². The maximum atomic E-state index is 13.7. The fourth-order valence-electron chi connectivity index (χ4n) is 5.91. The highest BCUT2D eigenvalue weighted by atomic mass is 28.3. The Morgan fingerprint density at radius 1 is 0.845 bits per heavy atom. The predicted octanol–water partition coefficient (Wildman–Crippen LogP) is 6.99. The summed E-state index contributed by atoms with van der Waals surface area (Å²) in [7, 11) is -1.41. The number of fused-ring (bicyclic) bond motifs is 1. The van der Waals surface area contributed by atoms with Gasteiger partial charge in [-0.15, -0.1) is 0 Å². The van der Waals surface area contributed by atoms with E-state index in [1.165, 1.54) is 17.1 Å². The van der Waals surface area contributed by atoms with Gasteiger partial charge in [-0.25, -0.2) is 29.1 Å². The number of rotatable bonds is 13. The predicted molar refractivity (Wildman–Crippen MR) is 213 cm³/mol. The lowest BCUT2D eigenvalue weighted by atomic mass is 10.1. The van der Waals surface area contributed by atoms with Crippen LogP contribution < -0.4 is 5.32 Å². The molecule has 1 saturated heterocycles. The Labute approximate surface area is 334 Å². The van der Waals surface area contributed by atoms with Crippen molar-refractivity contribution in [2.45, 2.75) is 50.2 Å². The van der Waals surface area contributed by atoms with Crippen LogP contribution in [0.1, 0.15) is 42.9 Å². The van der Waals surface area contributed by atoms with Crippen LogP contribution in [-0.4, -0.2) is 84.7 Å². The first-order valence-corrected chi connectivity index (χ1v) is 21.9. The lowest BCUT2D eigenvalue weighted by Crippen LogP contribution is -2.41. The molecule has 0 radical (unpaired) electrons. The average Bonchev–Trinajstić information content (AvgIpc) is 3.76. The molecular weight excluding hydrogens is 763 g/mol. The molecule has 0 unspecified atom stereocenters. The van der Waals surface area contributed by atoms with Crippen molar-refractivity contribution in [3.8, 4) is 11.8 Å². The summed E-state index contributed by atoms with van der Waals surface area (Å²) < 4.78 is 31.1. The summed E-state index contributed by atoms with van der Waals surface area (Å²) >= 11 is 0. The topological polar surface area (TPSA) is 206 Å². The van der Waals surface area contributed by atoms with Gasteiger partial charge in [-0.3, -0.25) is 0 Å². The van der Waals surface area contributed by atoms with Gasteiger partial charge in [0.2, 0.25) is 0 Å². The third-order valence-corrected chi connectivity index (χ3v) is 10.5. The Hall–Kier alpha value is -6.99. The number of ether oxygens (including phenoxy) is 5. The van der Waals surface area contributed by atoms with Gasteiger partial charge < -0.3 is 33.6 Å². The minimum atomic E-state index is -1.41. The monoisotopic (exact) mass is 801 g/mol. The van der Waals surface area contributed by atoms with Crippen LogP contribution in [0, 0.1) is 11.8 Å². The van der Waals surface area contributed by atoms with E-state index in [1.807, 2.05) is 0 Å². The molecule has 5 aromatic rings. The smallest absolute Gasteiger partial charge is 0.407 e. The van der Waals surface area contributed by atoms with Gasteiger partial charge in [0, 0.05) is 19.2 Å². The second-order valence-corrected chi connectivity index (χ2v) is 19.8. The second-order valence-electron chi connectivity index (χ2n) is 14.1. The van der Waals surface area contributed by atoms with Gasteiger partial charge in [-0.05, 0) is 53.1 Å². The molecule has 6 rings (SSSR count). The molecule has 4 atom stereocenters. The molecule has 1 amide bonds. The van der Waals surface area contributed by atoms with E-state index in [0.717, 1.165) is 6.04 Å². The molecule has 0 bridgehead atoms. The van der Waals surface area contributed by atoms with Crippen molar-refractivity contribution in [2.24, 2.45) is 5.11 Å². The van der Waals surface area contributed by atoms with E-state index in [0.29, 0.717) is 6.61 Å². The van der Waals surface area contributed by atoms with Crippen LogP contribution >= 0.6 is 0 Å². The summed E-state index contributed by atoms with van der Waals surface area (Å²) in [6.45, 7) is 6.31. The highest BCUT2D eigenvalue weighted by Gasteiger charge is 2.52. The van der Waals surface area contributed by atoms with Crippen molar-refractivity contribution in [3.63, 3.8) is 0 Å². The summed E-state index contributed by atoms with van der Waals surface area (Å²) in [5, 5.41) is 6.56. The molecule has 1 fully saturated rings. The van der Waals surface area contributed by atoms with Gasteiger partial charge in [0.15, 0.2) is 18.4 Å². The zero-order valence-corrected chi connectivity index (χ0v) is 32.8. The van der Waals surface area contributed by atoms with Gasteiger partial charge in [0.1, 0.15) is 30.5 Å². The van der Waals surface area contributed by atoms with E-state index in [9.17, 15) is 24.7 Å². The Balaban J connectivity index is 1.38. The molecule has 3 heterocycles. The van der Waals surface area contributed by atoms with E-state index >= 15 is 0 Å². The van der Waals surface area contributed by atoms with E-state index in [1.54, 1.807) is 91.0 Å². The van der Waals surface area contributed by atoms with Gasteiger partial charge in [-0.1, -0.05) is 86.1 Å². The summed E-state index contributed by atoms with van der Waals surface area (Å²) in [6, 6.07) is 25.5. The van der Waals surface area contributed by atoms with Crippen molar-refractivity contribution >= 4 is 48.9 Å². The zero-order valence-electron chi connectivity index (χ0n) is 31.8. The van der Waals surface area contributed by atoms with Crippen LogP contribution in [0.2, 0.25) is 25.7 Å². The normalized spacial score (nSPS) is 17.2. The quantitative estimate of drug-likeness (QED) is 0.0244. The number of aromatic nitrogens is 3. The second kappa shape index (κ2) is 18.8. The number of nitrogens with zero attached hydrogens (tertiary/aromatic N) is 6. The van der Waals surface area contributed by atoms with Crippen molar-refractivity contribution in [3.05, 3.63) is 136 Å². The number of carbonyl (C=O) groups is 4. The van der Waals surface area contributed by atoms with E-state index in [2.05, 4.69) is 56.8 Å². The van der Waals surface area contributed by atoms with Gasteiger partial charge in [-0.2, -0.15) is 0 Å². The van der Waals surface area contributed by atoms with Crippen molar-refractivity contribution in [1.82, 2.24) is 19.9 Å². The molecule has 296 valence electrons. The fourth-order valence-corrected chi connectivity index (χ4v) is 6.63. The van der Waals surface area contributed by atoms with Crippen LogP contribution in [0.4, 0.5) is 10.6 Å². The van der Waals surface area contributed by atoms with Crippen LogP contribution in [0.5, 0.6) is 0 Å². The maximum Gasteiger partial charge on any atom is 0.407 e. The number of hydrogen-bond donors (Lipinski definition) is 1. The molecule has 1 aliphatic rings. The van der Waals surface area contributed by atoms with Crippen LogP contribution in [0.25, 0.3) is 21.5 Å². The zero-order chi connectivity index (χ0) is 41.1. The number of esters is 3. The highest BCUT2D eigenvalue weighted by Crippen LogP contribution is 2.39. The summed E-state index contributed by atoms with van der Waals surface area (Å²) in [4.78, 5) is 64.3. The molecule has 17 heteroatoms. The van der Waals surface area contributed by atoms with Gasteiger partial charge in [0.25, 0.3) is 0 Å². The molecule has 0 saturated carbocycles. The number of carbonyl (C=O) groups excluding carboxylic acids is 4. The van der Waals surface area contributed by atoms with Crippen molar-refractivity contribution in [2.75, 3.05) is 19.8 Å². The molecule has 0 spiro atoms. The van der Waals surface area contributed by atoms with Crippen molar-refractivity contribution < 1.29 is 42.9 Å². The third kappa shape index (κ3) is 10.2. The fraction of sp³-hybridized carbons (Fsp3) is 0.268. The number of nitrogens with one attached hydrogen (secondary N) is 1. The maximum absolute atomic E-state index is 13.7. The minimum absolute atomic E-state index is 0.0644. The standard InChI is InChI=1S/C41H39N7O9Si/c1-58(2,3)23-22-53-41(52)43-21-13-20-30-24-48(36-32(30)35(46-47-42)44-26-45-36)37-34(57-40(51)29-18-11-6-12-19-29)33(56-39(50)28-16-9-5-10-17-28)31(55-37)25-54-38(49)27-14-7-4-8-15-27/h4-12,14-19,24,26,31,33-34,37H,21-23,25H2,1-3H3,(H,43,52)/t31-,33-,34-,37-/m1/s1.